The van der Waals surface area contributed by atoms with Crippen molar-refractivity contribution in [1.29, 1.82) is 0 Å². The molecule has 0 aliphatic carbocycles. The van der Waals surface area contributed by atoms with Gasteiger partial charge in [-0.25, -0.2) is 0 Å². The Balaban J connectivity index is 1.47. The van der Waals surface area contributed by atoms with Crippen LogP contribution in [0.25, 0.3) is 11.1 Å². The summed E-state index contributed by atoms with van der Waals surface area (Å²) in [6, 6.07) is 16.8. The Morgan fingerprint density at radius 3 is 2.32 bits per heavy atom. The van der Waals surface area contributed by atoms with E-state index in [4.69, 9.17) is 0 Å². The van der Waals surface area contributed by atoms with Crippen LogP contribution in [0.15, 0.2) is 72.1 Å². The van der Waals surface area contributed by atoms with Crippen LogP contribution in [0, 0.1) is 0 Å². The fourth-order valence-electron chi connectivity index (χ4n) is 2.95. The van der Waals surface area contributed by atoms with Crippen molar-refractivity contribution in [3.8, 4) is 11.1 Å². The molecule has 0 saturated carbocycles. The van der Waals surface area contributed by atoms with Gasteiger partial charge in [-0.3, -0.25) is 4.68 Å². The minimum atomic E-state index is -4.91. The SMILES string of the molecule is OC1(C(F)(F)F)CC(c2ccc(-c3cnn(Cc4ccccc4)c3)cc2)=NO1. The minimum absolute atomic E-state index is 0.0474. The zero-order valence-corrected chi connectivity index (χ0v) is 14.6. The third-order valence-corrected chi connectivity index (χ3v) is 4.53. The van der Waals surface area contributed by atoms with Crippen LogP contribution in [0.4, 0.5) is 13.2 Å². The fourth-order valence-corrected chi connectivity index (χ4v) is 2.95. The summed E-state index contributed by atoms with van der Waals surface area (Å²) in [5.74, 6) is -3.26. The maximum absolute atomic E-state index is 12.8. The first-order valence-corrected chi connectivity index (χ1v) is 8.55. The molecule has 1 N–H and O–H groups in total. The first kappa shape index (κ1) is 18.2. The third-order valence-electron chi connectivity index (χ3n) is 4.53. The quantitative estimate of drug-likeness (QED) is 0.737. The van der Waals surface area contributed by atoms with E-state index in [9.17, 15) is 18.3 Å². The van der Waals surface area contributed by atoms with Crippen molar-refractivity contribution in [2.24, 2.45) is 5.16 Å². The van der Waals surface area contributed by atoms with Crippen LogP contribution in [-0.4, -0.2) is 32.6 Å². The van der Waals surface area contributed by atoms with Crippen molar-refractivity contribution in [1.82, 2.24) is 9.78 Å². The van der Waals surface area contributed by atoms with Gasteiger partial charge in [-0.2, -0.15) is 18.3 Å². The Morgan fingerprint density at radius 2 is 1.68 bits per heavy atom. The molecule has 1 atom stereocenters. The number of rotatable bonds is 4. The number of oxime groups is 1. The number of hydrogen-bond donors (Lipinski definition) is 1. The lowest BCUT2D eigenvalue weighted by Crippen LogP contribution is -2.45. The highest BCUT2D eigenvalue weighted by Gasteiger charge is 2.60. The number of aromatic nitrogens is 2. The van der Waals surface area contributed by atoms with Gasteiger partial charge in [0.25, 0.3) is 0 Å². The fraction of sp³-hybridized carbons (Fsp3) is 0.200. The van der Waals surface area contributed by atoms with Crippen LogP contribution < -0.4 is 0 Å². The van der Waals surface area contributed by atoms with Crippen molar-refractivity contribution in [2.75, 3.05) is 0 Å². The number of benzene rings is 2. The normalized spacial score (nSPS) is 19.4. The van der Waals surface area contributed by atoms with Gasteiger partial charge in [0.2, 0.25) is 0 Å². The molecule has 4 rings (SSSR count). The van der Waals surface area contributed by atoms with Crippen molar-refractivity contribution < 1.29 is 23.1 Å². The lowest BCUT2D eigenvalue weighted by molar-refractivity contribution is -0.355. The molecule has 1 aliphatic heterocycles. The molecule has 0 fully saturated rings. The Bertz CT molecular complexity index is 998. The predicted octanol–water partition coefficient (Wildman–Crippen LogP) is 3.97. The second-order valence-electron chi connectivity index (χ2n) is 6.58. The predicted molar refractivity (Wildman–Crippen MR) is 96.5 cm³/mol. The van der Waals surface area contributed by atoms with E-state index >= 15 is 0 Å². The molecule has 144 valence electrons. The van der Waals surface area contributed by atoms with Crippen LogP contribution in [0.1, 0.15) is 17.5 Å². The van der Waals surface area contributed by atoms with E-state index in [0.29, 0.717) is 12.1 Å². The molecule has 8 heteroatoms. The average molecular weight is 387 g/mol. The van der Waals surface area contributed by atoms with Gasteiger partial charge in [0.1, 0.15) is 0 Å². The third kappa shape index (κ3) is 3.50. The van der Waals surface area contributed by atoms with E-state index in [0.717, 1.165) is 16.7 Å². The molecule has 0 bridgehead atoms. The lowest BCUT2D eigenvalue weighted by Gasteiger charge is -2.22. The van der Waals surface area contributed by atoms with Crippen molar-refractivity contribution in [2.45, 2.75) is 24.9 Å². The largest absolute Gasteiger partial charge is 0.458 e. The van der Waals surface area contributed by atoms with Crippen LogP contribution in [0.5, 0.6) is 0 Å². The maximum Gasteiger partial charge on any atom is 0.458 e. The van der Waals surface area contributed by atoms with Gasteiger partial charge in [0.05, 0.1) is 24.9 Å². The summed E-state index contributed by atoms with van der Waals surface area (Å²) in [7, 11) is 0. The summed E-state index contributed by atoms with van der Waals surface area (Å²) >= 11 is 0. The van der Waals surface area contributed by atoms with Crippen LogP contribution in [0.3, 0.4) is 0 Å². The lowest BCUT2D eigenvalue weighted by atomic mass is 10.00. The van der Waals surface area contributed by atoms with Gasteiger partial charge in [0.15, 0.2) is 0 Å². The molecule has 5 nitrogen and oxygen atoms in total. The molecule has 2 aromatic carbocycles. The summed E-state index contributed by atoms with van der Waals surface area (Å²) in [4.78, 5) is 4.25. The molecule has 3 aromatic rings. The van der Waals surface area contributed by atoms with Gasteiger partial charge in [0, 0.05) is 11.8 Å². The number of halogens is 3. The van der Waals surface area contributed by atoms with E-state index in [1.54, 1.807) is 30.5 Å². The molecule has 1 unspecified atom stereocenters. The van der Waals surface area contributed by atoms with E-state index in [2.05, 4.69) is 15.1 Å². The van der Waals surface area contributed by atoms with Gasteiger partial charge >= 0.3 is 12.0 Å². The minimum Gasteiger partial charge on any atom is -0.350 e. The molecule has 0 saturated heterocycles. The standard InChI is InChI=1S/C20H16F3N3O2/c21-20(22,23)19(27)10-18(25-28-19)16-8-6-15(7-9-16)17-11-24-26(13-17)12-14-4-2-1-3-5-14/h1-9,11,13,27H,10,12H2. The van der Waals surface area contributed by atoms with Crippen molar-refractivity contribution in [3.63, 3.8) is 0 Å². The highest BCUT2D eigenvalue weighted by atomic mass is 19.4. The van der Waals surface area contributed by atoms with Gasteiger partial charge in [-0.1, -0.05) is 59.8 Å². The van der Waals surface area contributed by atoms with E-state index in [1.165, 1.54) is 0 Å². The average Bonchev–Trinajstić information content (AvgIpc) is 3.30. The first-order valence-electron chi connectivity index (χ1n) is 8.55. The molecule has 2 heterocycles. The highest BCUT2D eigenvalue weighted by molar-refractivity contribution is 6.01. The van der Waals surface area contributed by atoms with Crippen LogP contribution in [0.2, 0.25) is 0 Å². The second-order valence-corrected chi connectivity index (χ2v) is 6.58. The van der Waals surface area contributed by atoms with Gasteiger partial charge < -0.3 is 9.94 Å². The molecular formula is C20H16F3N3O2. The van der Waals surface area contributed by atoms with Crippen LogP contribution >= 0.6 is 0 Å². The molecular weight excluding hydrogens is 371 g/mol. The summed E-state index contributed by atoms with van der Waals surface area (Å²) < 4.78 is 40.3. The van der Waals surface area contributed by atoms with E-state index in [-0.39, 0.29) is 5.71 Å². The van der Waals surface area contributed by atoms with Gasteiger partial charge in [-0.05, 0) is 16.7 Å². The Morgan fingerprint density at radius 1 is 1.00 bits per heavy atom. The Kier molecular flexibility index (Phi) is 4.43. The molecule has 0 radical (unpaired) electrons. The Labute approximate surface area is 158 Å². The summed E-state index contributed by atoms with van der Waals surface area (Å²) in [6.07, 6.45) is -2.02. The molecule has 0 spiro atoms. The molecule has 1 aromatic heterocycles. The maximum atomic E-state index is 12.8. The smallest absolute Gasteiger partial charge is 0.350 e. The zero-order valence-electron chi connectivity index (χ0n) is 14.6. The number of hydrogen-bond acceptors (Lipinski definition) is 4. The van der Waals surface area contributed by atoms with Gasteiger partial charge in [-0.15, -0.1) is 0 Å². The molecule has 0 amide bonds. The monoisotopic (exact) mass is 387 g/mol. The Hall–Kier alpha value is -3.13. The topological polar surface area (TPSA) is 59.6 Å². The molecule has 28 heavy (non-hydrogen) atoms. The number of alkyl halides is 3. The number of nitrogens with zero attached hydrogens (tertiary/aromatic N) is 3. The van der Waals surface area contributed by atoms with Crippen molar-refractivity contribution >= 4 is 5.71 Å². The summed E-state index contributed by atoms with van der Waals surface area (Å²) in [5.41, 5.74) is 3.39. The van der Waals surface area contributed by atoms with Crippen LogP contribution in [-0.2, 0) is 11.4 Å². The highest BCUT2D eigenvalue weighted by Crippen LogP contribution is 2.39. The first-order chi connectivity index (χ1) is 13.3. The second kappa shape index (κ2) is 6.79. The van der Waals surface area contributed by atoms with E-state index < -0.39 is 18.4 Å². The summed E-state index contributed by atoms with van der Waals surface area (Å²) in [6.45, 7) is 0.642. The van der Waals surface area contributed by atoms with E-state index in [1.807, 2.05) is 41.2 Å². The molecule has 1 aliphatic rings. The zero-order chi connectivity index (χ0) is 19.8. The summed E-state index contributed by atoms with van der Waals surface area (Å²) in [5, 5.41) is 17.3. The van der Waals surface area contributed by atoms with Crippen molar-refractivity contribution in [3.05, 3.63) is 78.1 Å². The number of aliphatic hydroxyl groups is 1.